The Morgan fingerprint density at radius 2 is 1.62 bits per heavy atom. The largest absolute Gasteiger partial charge is 0.497 e. The number of carbonyl (C=O) groups is 2. The first-order chi connectivity index (χ1) is 13.9. The third kappa shape index (κ3) is 3.40. The minimum Gasteiger partial charge on any atom is -0.497 e. The molecule has 0 saturated carbocycles. The lowest BCUT2D eigenvalue weighted by Gasteiger charge is -2.24. The number of aromatic nitrogens is 2. The van der Waals surface area contributed by atoms with E-state index in [-0.39, 0.29) is 17.6 Å². The molecule has 2 heterocycles. The van der Waals surface area contributed by atoms with Gasteiger partial charge in [0.15, 0.2) is 5.82 Å². The van der Waals surface area contributed by atoms with E-state index in [0.717, 1.165) is 16.2 Å². The Kier molecular flexibility index (Phi) is 4.68. The zero-order valence-corrected chi connectivity index (χ0v) is 16.4. The highest BCUT2D eigenvalue weighted by Gasteiger charge is 2.38. The van der Waals surface area contributed by atoms with E-state index in [4.69, 9.17) is 9.47 Å². The van der Waals surface area contributed by atoms with Gasteiger partial charge in [-0.15, -0.1) is 0 Å². The fourth-order valence-corrected chi connectivity index (χ4v) is 3.19. The highest BCUT2D eigenvalue weighted by molar-refractivity contribution is 6.34. The monoisotopic (exact) mass is 391 g/mol. The Labute approximate surface area is 168 Å². The maximum absolute atomic E-state index is 12.6. The summed E-state index contributed by atoms with van der Waals surface area (Å²) in [6, 6.07) is 16.1. The molecule has 1 aromatic heterocycles. The van der Waals surface area contributed by atoms with Gasteiger partial charge in [0.2, 0.25) is 0 Å². The van der Waals surface area contributed by atoms with E-state index in [0.29, 0.717) is 23.4 Å². The molecule has 0 spiro atoms. The van der Waals surface area contributed by atoms with Gasteiger partial charge >= 0.3 is 0 Å². The van der Waals surface area contributed by atoms with Crippen molar-refractivity contribution >= 4 is 17.6 Å². The van der Waals surface area contributed by atoms with Gasteiger partial charge < -0.3 is 9.47 Å². The number of carbonyl (C=O) groups excluding carboxylic acids is 2. The summed E-state index contributed by atoms with van der Waals surface area (Å²) in [6.45, 7) is 4.19. The number of nitrogens with one attached hydrogen (secondary N) is 1. The number of benzene rings is 2. The molecule has 7 nitrogen and oxygen atoms in total. The van der Waals surface area contributed by atoms with Crippen LogP contribution in [0.1, 0.15) is 45.8 Å². The van der Waals surface area contributed by atoms with Gasteiger partial charge in [-0.1, -0.05) is 24.3 Å². The Hall–Kier alpha value is -3.45. The van der Waals surface area contributed by atoms with Crippen LogP contribution in [0.25, 0.3) is 0 Å². The summed E-state index contributed by atoms with van der Waals surface area (Å²) in [6.07, 6.45) is 0. The molecule has 2 amide bonds. The van der Waals surface area contributed by atoms with Crippen LogP contribution in [0.2, 0.25) is 0 Å². The maximum atomic E-state index is 12.6. The SMILES string of the molecule is COc1ccc(COC(C)(C)c2cc(N3C(=O)c4ccccc4C3=O)n[nH]2)cc1. The van der Waals surface area contributed by atoms with Crippen molar-refractivity contribution in [2.24, 2.45) is 0 Å². The van der Waals surface area contributed by atoms with Crippen LogP contribution in [0.15, 0.2) is 54.6 Å². The molecule has 148 valence electrons. The second-order valence-corrected chi connectivity index (χ2v) is 7.28. The predicted octanol–water partition coefficient (Wildman–Crippen LogP) is 3.67. The minimum atomic E-state index is -0.705. The molecule has 0 radical (unpaired) electrons. The number of methoxy groups -OCH3 is 1. The number of anilines is 1. The average Bonchev–Trinajstić information content (AvgIpc) is 3.31. The standard InChI is InChI=1S/C22H21N3O4/c1-22(2,29-13-14-8-10-15(28-3)11-9-14)18-12-19(24-23-18)25-20(26)16-6-4-5-7-17(16)21(25)27/h4-12H,13H2,1-3H3,(H,23,24). The molecule has 4 rings (SSSR count). The topological polar surface area (TPSA) is 84.5 Å². The maximum Gasteiger partial charge on any atom is 0.267 e. The van der Waals surface area contributed by atoms with E-state index in [9.17, 15) is 9.59 Å². The van der Waals surface area contributed by atoms with Gasteiger partial charge in [0.1, 0.15) is 11.4 Å². The van der Waals surface area contributed by atoms with Gasteiger partial charge in [0.05, 0.1) is 30.5 Å². The molecule has 0 fully saturated rings. The number of nitrogens with zero attached hydrogens (tertiary/aromatic N) is 2. The van der Waals surface area contributed by atoms with E-state index < -0.39 is 5.60 Å². The van der Waals surface area contributed by atoms with Crippen LogP contribution in [0, 0.1) is 0 Å². The average molecular weight is 391 g/mol. The van der Waals surface area contributed by atoms with Crippen LogP contribution in [-0.4, -0.2) is 29.1 Å². The molecular weight excluding hydrogens is 370 g/mol. The van der Waals surface area contributed by atoms with E-state index in [1.54, 1.807) is 37.4 Å². The lowest BCUT2D eigenvalue weighted by Crippen LogP contribution is -2.29. The third-order valence-corrected chi connectivity index (χ3v) is 4.99. The molecule has 1 aliphatic heterocycles. The second-order valence-electron chi connectivity index (χ2n) is 7.28. The molecule has 0 aliphatic carbocycles. The van der Waals surface area contributed by atoms with Crippen molar-refractivity contribution in [1.29, 1.82) is 0 Å². The van der Waals surface area contributed by atoms with Crippen molar-refractivity contribution in [2.45, 2.75) is 26.1 Å². The molecule has 1 N–H and O–H groups in total. The zero-order chi connectivity index (χ0) is 20.6. The summed E-state index contributed by atoms with van der Waals surface area (Å²) in [5, 5.41) is 7.09. The molecule has 1 aliphatic rings. The predicted molar refractivity (Wildman–Crippen MR) is 107 cm³/mol. The molecular formula is C22H21N3O4. The van der Waals surface area contributed by atoms with Crippen molar-refractivity contribution in [2.75, 3.05) is 12.0 Å². The van der Waals surface area contributed by atoms with Gasteiger partial charge in [-0.25, -0.2) is 4.90 Å². The molecule has 3 aromatic rings. The zero-order valence-electron chi connectivity index (χ0n) is 16.4. The number of H-pyrrole nitrogens is 1. The smallest absolute Gasteiger partial charge is 0.267 e. The number of rotatable bonds is 6. The van der Waals surface area contributed by atoms with Gasteiger partial charge in [0.25, 0.3) is 11.8 Å². The molecule has 0 saturated heterocycles. The van der Waals surface area contributed by atoms with Crippen molar-refractivity contribution in [1.82, 2.24) is 10.2 Å². The van der Waals surface area contributed by atoms with E-state index in [2.05, 4.69) is 10.2 Å². The minimum absolute atomic E-state index is 0.257. The second kappa shape index (κ2) is 7.18. The lowest BCUT2D eigenvalue weighted by molar-refractivity contribution is -0.0367. The number of imide groups is 1. The van der Waals surface area contributed by atoms with Crippen LogP contribution >= 0.6 is 0 Å². The van der Waals surface area contributed by atoms with E-state index in [1.165, 1.54) is 0 Å². The third-order valence-electron chi connectivity index (χ3n) is 4.99. The van der Waals surface area contributed by atoms with Crippen LogP contribution in [0.5, 0.6) is 5.75 Å². The highest BCUT2D eigenvalue weighted by Crippen LogP contribution is 2.31. The molecule has 29 heavy (non-hydrogen) atoms. The van der Waals surface area contributed by atoms with Gasteiger partial charge in [-0.3, -0.25) is 14.7 Å². The number of hydrogen-bond donors (Lipinski definition) is 1. The van der Waals surface area contributed by atoms with Gasteiger partial charge in [-0.05, 0) is 43.7 Å². The molecule has 2 aromatic carbocycles. The first-order valence-electron chi connectivity index (χ1n) is 9.21. The van der Waals surface area contributed by atoms with Crippen LogP contribution < -0.4 is 9.64 Å². The number of hydrogen-bond acceptors (Lipinski definition) is 5. The van der Waals surface area contributed by atoms with Crippen LogP contribution in [-0.2, 0) is 16.9 Å². The first kappa shape index (κ1) is 18.9. The number of fused-ring (bicyclic) bond motifs is 1. The Morgan fingerprint density at radius 3 is 2.21 bits per heavy atom. The van der Waals surface area contributed by atoms with Crippen molar-refractivity contribution in [3.8, 4) is 5.75 Å². The van der Waals surface area contributed by atoms with Gasteiger partial charge in [0, 0.05) is 6.07 Å². The normalized spacial score (nSPS) is 13.7. The summed E-state index contributed by atoms with van der Waals surface area (Å²) in [4.78, 5) is 26.4. The molecule has 0 bridgehead atoms. The lowest BCUT2D eigenvalue weighted by atomic mass is 10.1. The molecule has 0 atom stereocenters. The molecule has 0 unspecified atom stereocenters. The van der Waals surface area contributed by atoms with Crippen LogP contribution in [0.3, 0.4) is 0 Å². The van der Waals surface area contributed by atoms with Crippen molar-refractivity contribution < 1.29 is 19.1 Å². The van der Waals surface area contributed by atoms with Crippen molar-refractivity contribution in [3.05, 3.63) is 77.0 Å². The quantitative estimate of drug-likeness (QED) is 0.648. The number of amides is 2. The summed E-state index contributed by atoms with van der Waals surface area (Å²) >= 11 is 0. The first-order valence-corrected chi connectivity index (χ1v) is 9.21. The summed E-state index contributed by atoms with van der Waals surface area (Å²) in [7, 11) is 1.62. The Bertz CT molecular complexity index is 1030. The summed E-state index contributed by atoms with van der Waals surface area (Å²) in [5.74, 6) is 0.292. The number of ether oxygens (including phenoxy) is 2. The Balaban J connectivity index is 1.50. The fraction of sp³-hybridized carbons (Fsp3) is 0.227. The Morgan fingerprint density at radius 1 is 1.00 bits per heavy atom. The van der Waals surface area contributed by atoms with E-state index >= 15 is 0 Å². The van der Waals surface area contributed by atoms with Crippen LogP contribution in [0.4, 0.5) is 5.82 Å². The summed E-state index contributed by atoms with van der Waals surface area (Å²) < 4.78 is 11.2. The summed E-state index contributed by atoms with van der Waals surface area (Å²) in [5.41, 5.74) is 1.73. The van der Waals surface area contributed by atoms with Gasteiger partial charge in [-0.2, -0.15) is 5.10 Å². The van der Waals surface area contributed by atoms with E-state index in [1.807, 2.05) is 38.1 Å². The van der Waals surface area contributed by atoms with Crippen molar-refractivity contribution in [3.63, 3.8) is 0 Å². The molecule has 7 heteroatoms. The fourth-order valence-electron chi connectivity index (χ4n) is 3.19. The highest BCUT2D eigenvalue weighted by atomic mass is 16.5. The number of aromatic amines is 1.